The monoisotopic (exact) mass is 254 g/mol. The topological polar surface area (TPSA) is 34.9 Å². The van der Waals surface area contributed by atoms with Crippen LogP contribution in [0.2, 0.25) is 0 Å². The standard InChI is InChI=1S/C15H11FN2O/c1-18-14-8-10(9-19)6-7-12(14)15(17-18)11-4-2-3-5-13(11)16/h2-9H,1H3. The molecule has 0 aliphatic heterocycles. The third-order valence-corrected chi connectivity index (χ3v) is 3.14. The van der Waals surface area contributed by atoms with Crippen molar-refractivity contribution >= 4 is 17.2 Å². The lowest BCUT2D eigenvalue weighted by atomic mass is 10.1. The second-order valence-electron chi connectivity index (χ2n) is 4.35. The SMILES string of the molecule is Cn1nc(-c2ccccc2F)c2ccc(C=O)cc21. The minimum Gasteiger partial charge on any atom is -0.298 e. The van der Waals surface area contributed by atoms with Crippen LogP contribution in [-0.4, -0.2) is 16.1 Å². The van der Waals surface area contributed by atoms with Crippen LogP contribution in [0.15, 0.2) is 42.5 Å². The summed E-state index contributed by atoms with van der Waals surface area (Å²) in [6.07, 6.45) is 0.787. The van der Waals surface area contributed by atoms with E-state index in [1.807, 2.05) is 0 Å². The molecule has 1 heterocycles. The molecule has 0 aliphatic rings. The van der Waals surface area contributed by atoms with Crippen molar-refractivity contribution in [2.45, 2.75) is 0 Å². The number of hydrogen-bond acceptors (Lipinski definition) is 2. The molecule has 1 aromatic heterocycles. The van der Waals surface area contributed by atoms with Crippen LogP contribution in [0.5, 0.6) is 0 Å². The predicted molar refractivity (Wildman–Crippen MR) is 71.5 cm³/mol. The van der Waals surface area contributed by atoms with Crippen molar-refractivity contribution in [3.8, 4) is 11.3 Å². The van der Waals surface area contributed by atoms with Crippen molar-refractivity contribution in [1.29, 1.82) is 0 Å². The van der Waals surface area contributed by atoms with Gasteiger partial charge in [-0.25, -0.2) is 4.39 Å². The minimum absolute atomic E-state index is 0.304. The molecule has 0 atom stereocenters. The van der Waals surface area contributed by atoms with E-state index in [9.17, 15) is 9.18 Å². The van der Waals surface area contributed by atoms with Gasteiger partial charge in [0.25, 0.3) is 0 Å². The highest BCUT2D eigenvalue weighted by Gasteiger charge is 2.13. The smallest absolute Gasteiger partial charge is 0.150 e. The first-order valence-corrected chi connectivity index (χ1v) is 5.87. The predicted octanol–water partition coefficient (Wildman–Crippen LogP) is 3.19. The van der Waals surface area contributed by atoms with Crippen LogP contribution in [0.25, 0.3) is 22.2 Å². The molecular formula is C15H11FN2O. The molecule has 2 aromatic carbocycles. The highest BCUT2D eigenvalue weighted by molar-refractivity contribution is 5.96. The van der Waals surface area contributed by atoms with Gasteiger partial charge in [0.05, 0.1) is 5.52 Å². The van der Waals surface area contributed by atoms with E-state index in [1.165, 1.54) is 6.07 Å². The summed E-state index contributed by atoms with van der Waals surface area (Å²) in [4.78, 5) is 10.8. The van der Waals surface area contributed by atoms with Crippen molar-refractivity contribution in [3.05, 3.63) is 53.8 Å². The zero-order chi connectivity index (χ0) is 13.4. The zero-order valence-corrected chi connectivity index (χ0v) is 10.3. The second-order valence-corrected chi connectivity index (χ2v) is 4.35. The van der Waals surface area contributed by atoms with Gasteiger partial charge < -0.3 is 0 Å². The molecular weight excluding hydrogens is 243 g/mol. The first-order valence-electron chi connectivity index (χ1n) is 5.87. The molecule has 0 N–H and O–H groups in total. The Labute approximate surface area is 109 Å². The van der Waals surface area contributed by atoms with E-state index in [4.69, 9.17) is 0 Å². The van der Waals surface area contributed by atoms with Crippen LogP contribution >= 0.6 is 0 Å². The molecule has 3 aromatic rings. The summed E-state index contributed by atoms with van der Waals surface area (Å²) in [6.45, 7) is 0. The van der Waals surface area contributed by atoms with Gasteiger partial charge in [-0.05, 0) is 24.3 Å². The molecule has 3 rings (SSSR count). The zero-order valence-electron chi connectivity index (χ0n) is 10.3. The summed E-state index contributed by atoms with van der Waals surface area (Å²) in [5, 5.41) is 5.19. The Hall–Kier alpha value is -2.49. The third kappa shape index (κ3) is 1.81. The minimum atomic E-state index is -0.304. The molecule has 3 nitrogen and oxygen atoms in total. The van der Waals surface area contributed by atoms with Crippen molar-refractivity contribution in [1.82, 2.24) is 9.78 Å². The third-order valence-electron chi connectivity index (χ3n) is 3.14. The van der Waals surface area contributed by atoms with Gasteiger partial charge >= 0.3 is 0 Å². The average molecular weight is 254 g/mol. The Bertz CT molecular complexity index is 777. The van der Waals surface area contributed by atoms with Crippen LogP contribution in [0.4, 0.5) is 4.39 Å². The van der Waals surface area contributed by atoms with Gasteiger partial charge in [0.15, 0.2) is 0 Å². The molecule has 19 heavy (non-hydrogen) atoms. The number of hydrogen-bond donors (Lipinski definition) is 0. The number of benzene rings is 2. The first kappa shape index (κ1) is 11.6. The van der Waals surface area contributed by atoms with Crippen LogP contribution in [0, 0.1) is 5.82 Å². The van der Waals surface area contributed by atoms with Crippen molar-refractivity contribution in [3.63, 3.8) is 0 Å². The number of nitrogens with zero attached hydrogens (tertiary/aromatic N) is 2. The summed E-state index contributed by atoms with van der Waals surface area (Å²) in [6, 6.07) is 11.8. The van der Waals surface area contributed by atoms with Crippen molar-refractivity contribution in [2.75, 3.05) is 0 Å². The Kier molecular flexibility index (Phi) is 2.63. The van der Waals surface area contributed by atoms with Gasteiger partial charge in [0.2, 0.25) is 0 Å². The average Bonchev–Trinajstić information content (AvgIpc) is 2.76. The van der Waals surface area contributed by atoms with Crippen LogP contribution in [0.1, 0.15) is 10.4 Å². The Morgan fingerprint density at radius 3 is 2.74 bits per heavy atom. The summed E-state index contributed by atoms with van der Waals surface area (Å²) < 4.78 is 15.5. The van der Waals surface area contributed by atoms with E-state index in [-0.39, 0.29) is 5.82 Å². The van der Waals surface area contributed by atoms with Gasteiger partial charge in [-0.15, -0.1) is 0 Å². The number of aryl methyl sites for hydroxylation is 1. The fraction of sp³-hybridized carbons (Fsp3) is 0.0667. The summed E-state index contributed by atoms with van der Waals surface area (Å²) in [5.74, 6) is -0.304. The lowest BCUT2D eigenvalue weighted by Gasteiger charge is -1.99. The fourth-order valence-electron chi connectivity index (χ4n) is 2.20. The molecule has 0 unspecified atom stereocenters. The fourth-order valence-corrected chi connectivity index (χ4v) is 2.20. The van der Waals surface area contributed by atoms with Gasteiger partial charge in [-0.3, -0.25) is 9.48 Å². The molecule has 94 valence electrons. The maximum absolute atomic E-state index is 13.9. The Balaban J connectivity index is 2.32. The largest absolute Gasteiger partial charge is 0.298 e. The summed E-state index contributed by atoms with van der Waals surface area (Å²) >= 11 is 0. The van der Waals surface area contributed by atoms with E-state index in [2.05, 4.69) is 5.10 Å². The first-order chi connectivity index (χ1) is 9.20. The molecule has 4 heteroatoms. The normalized spacial score (nSPS) is 10.8. The molecule has 0 bridgehead atoms. The molecule has 0 spiro atoms. The van der Waals surface area contributed by atoms with Crippen LogP contribution in [-0.2, 0) is 7.05 Å². The molecule has 0 fully saturated rings. The van der Waals surface area contributed by atoms with E-state index >= 15 is 0 Å². The number of carbonyl (C=O) groups excluding carboxylic acids is 1. The highest BCUT2D eigenvalue weighted by Crippen LogP contribution is 2.29. The number of aldehydes is 1. The van der Waals surface area contributed by atoms with Crippen LogP contribution in [0.3, 0.4) is 0 Å². The maximum Gasteiger partial charge on any atom is 0.150 e. The lowest BCUT2D eigenvalue weighted by molar-refractivity contribution is 0.112. The molecule has 0 saturated carbocycles. The van der Waals surface area contributed by atoms with Crippen LogP contribution < -0.4 is 0 Å². The van der Waals surface area contributed by atoms with Gasteiger partial charge in [0, 0.05) is 23.6 Å². The quantitative estimate of drug-likeness (QED) is 0.658. The van der Waals surface area contributed by atoms with E-state index in [0.29, 0.717) is 16.8 Å². The van der Waals surface area contributed by atoms with Crippen molar-refractivity contribution < 1.29 is 9.18 Å². The van der Waals surface area contributed by atoms with E-state index in [1.54, 1.807) is 48.1 Å². The van der Waals surface area contributed by atoms with Gasteiger partial charge in [-0.1, -0.05) is 18.2 Å². The summed E-state index contributed by atoms with van der Waals surface area (Å²) in [7, 11) is 1.78. The molecule has 0 radical (unpaired) electrons. The number of carbonyl (C=O) groups is 1. The van der Waals surface area contributed by atoms with Crippen molar-refractivity contribution in [2.24, 2.45) is 7.05 Å². The van der Waals surface area contributed by atoms with Gasteiger partial charge in [0.1, 0.15) is 17.8 Å². The number of halogens is 1. The van der Waals surface area contributed by atoms with E-state index in [0.717, 1.165) is 17.2 Å². The number of rotatable bonds is 2. The number of fused-ring (bicyclic) bond motifs is 1. The highest BCUT2D eigenvalue weighted by atomic mass is 19.1. The lowest BCUT2D eigenvalue weighted by Crippen LogP contribution is -1.91. The van der Waals surface area contributed by atoms with Gasteiger partial charge in [-0.2, -0.15) is 5.10 Å². The molecule has 0 saturated heterocycles. The maximum atomic E-state index is 13.9. The second kappa shape index (κ2) is 4.31. The molecule has 0 aliphatic carbocycles. The number of aromatic nitrogens is 2. The van der Waals surface area contributed by atoms with E-state index < -0.39 is 0 Å². The Morgan fingerprint density at radius 2 is 2.00 bits per heavy atom. The summed E-state index contributed by atoms with van der Waals surface area (Å²) in [5.41, 5.74) is 2.44. The Morgan fingerprint density at radius 1 is 1.21 bits per heavy atom. The molecule has 0 amide bonds.